The number of nitrogens with zero attached hydrogens (tertiary/aromatic N) is 1. The van der Waals surface area contributed by atoms with Crippen molar-refractivity contribution in [2.24, 2.45) is 0 Å². The van der Waals surface area contributed by atoms with Gasteiger partial charge in [0, 0.05) is 19.6 Å². The minimum Gasteiger partial charge on any atom is -0.295 e. The third kappa shape index (κ3) is 2.46. The standard InChI is InChI=1S/C13H17N/c1-12-6-5-9-14(10-12)11-13-7-3-2-4-8-13/h2-4,6-8H,5,9-11H2,1H3. The molecule has 0 aliphatic carbocycles. The zero-order valence-corrected chi connectivity index (χ0v) is 8.74. The normalized spacial score (nSPS) is 17.9. The fourth-order valence-electron chi connectivity index (χ4n) is 1.97. The molecule has 1 aliphatic rings. The van der Waals surface area contributed by atoms with Gasteiger partial charge in [0.25, 0.3) is 0 Å². The lowest BCUT2D eigenvalue weighted by Crippen LogP contribution is -2.28. The Morgan fingerprint density at radius 2 is 2.00 bits per heavy atom. The third-order valence-electron chi connectivity index (χ3n) is 2.66. The Morgan fingerprint density at radius 3 is 2.71 bits per heavy atom. The van der Waals surface area contributed by atoms with Crippen molar-refractivity contribution in [1.29, 1.82) is 0 Å². The lowest BCUT2D eigenvalue weighted by molar-refractivity contribution is 0.282. The average Bonchev–Trinajstić information content (AvgIpc) is 2.19. The van der Waals surface area contributed by atoms with Crippen LogP contribution in [0.25, 0.3) is 0 Å². The summed E-state index contributed by atoms with van der Waals surface area (Å²) in [5.41, 5.74) is 2.93. The predicted molar refractivity (Wildman–Crippen MR) is 60.1 cm³/mol. The van der Waals surface area contributed by atoms with Crippen LogP contribution in [-0.2, 0) is 6.54 Å². The van der Waals surface area contributed by atoms with Gasteiger partial charge in [0.05, 0.1) is 0 Å². The first-order valence-electron chi connectivity index (χ1n) is 5.26. The van der Waals surface area contributed by atoms with E-state index in [0.717, 1.165) is 13.1 Å². The topological polar surface area (TPSA) is 3.24 Å². The van der Waals surface area contributed by atoms with Crippen molar-refractivity contribution >= 4 is 0 Å². The van der Waals surface area contributed by atoms with Crippen LogP contribution in [0.2, 0.25) is 0 Å². The summed E-state index contributed by atoms with van der Waals surface area (Å²) in [6.45, 7) is 5.64. The largest absolute Gasteiger partial charge is 0.295 e. The molecule has 1 aliphatic heterocycles. The molecular formula is C13H17N. The van der Waals surface area contributed by atoms with Crippen LogP contribution < -0.4 is 0 Å². The Balaban J connectivity index is 1.96. The van der Waals surface area contributed by atoms with Crippen molar-refractivity contribution in [2.75, 3.05) is 13.1 Å². The van der Waals surface area contributed by atoms with Crippen molar-refractivity contribution in [3.05, 3.63) is 47.5 Å². The van der Waals surface area contributed by atoms with Gasteiger partial charge < -0.3 is 0 Å². The Bertz CT molecular complexity index is 313. The summed E-state index contributed by atoms with van der Waals surface area (Å²) in [5.74, 6) is 0. The molecule has 0 saturated heterocycles. The van der Waals surface area contributed by atoms with Crippen LogP contribution in [0.15, 0.2) is 42.0 Å². The van der Waals surface area contributed by atoms with Gasteiger partial charge in [0.15, 0.2) is 0 Å². The van der Waals surface area contributed by atoms with Gasteiger partial charge >= 0.3 is 0 Å². The van der Waals surface area contributed by atoms with E-state index < -0.39 is 0 Å². The first-order valence-corrected chi connectivity index (χ1v) is 5.26. The fourth-order valence-corrected chi connectivity index (χ4v) is 1.97. The molecule has 1 nitrogen and oxygen atoms in total. The smallest absolute Gasteiger partial charge is 0.0237 e. The summed E-state index contributed by atoms with van der Waals surface area (Å²) in [6.07, 6.45) is 3.56. The van der Waals surface area contributed by atoms with Crippen molar-refractivity contribution < 1.29 is 0 Å². The van der Waals surface area contributed by atoms with E-state index in [0.29, 0.717) is 0 Å². The first kappa shape index (κ1) is 9.47. The Kier molecular flexibility index (Phi) is 3.00. The van der Waals surface area contributed by atoms with E-state index >= 15 is 0 Å². The number of hydrogen-bond acceptors (Lipinski definition) is 1. The van der Waals surface area contributed by atoms with Crippen molar-refractivity contribution in [3.63, 3.8) is 0 Å². The van der Waals surface area contributed by atoms with E-state index in [1.54, 1.807) is 0 Å². The van der Waals surface area contributed by atoms with E-state index in [-0.39, 0.29) is 0 Å². The van der Waals surface area contributed by atoms with Gasteiger partial charge in [-0.2, -0.15) is 0 Å². The van der Waals surface area contributed by atoms with Crippen molar-refractivity contribution in [1.82, 2.24) is 4.90 Å². The molecule has 74 valence electrons. The molecule has 1 aromatic carbocycles. The van der Waals surface area contributed by atoms with Gasteiger partial charge in [-0.1, -0.05) is 42.0 Å². The molecule has 0 aromatic heterocycles. The Morgan fingerprint density at radius 1 is 1.21 bits per heavy atom. The summed E-state index contributed by atoms with van der Waals surface area (Å²) < 4.78 is 0. The van der Waals surface area contributed by atoms with E-state index in [4.69, 9.17) is 0 Å². The molecule has 0 amide bonds. The molecule has 2 rings (SSSR count). The van der Waals surface area contributed by atoms with Crippen LogP contribution in [0.3, 0.4) is 0 Å². The van der Waals surface area contributed by atoms with Crippen LogP contribution >= 0.6 is 0 Å². The molecule has 0 radical (unpaired) electrons. The van der Waals surface area contributed by atoms with Crippen LogP contribution in [-0.4, -0.2) is 18.0 Å². The molecular weight excluding hydrogens is 170 g/mol. The second-order valence-electron chi connectivity index (χ2n) is 4.04. The molecule has 0 N–H and O–H groups in total. The summed E-state index contributed by atoms with van der Waals surface area (Å²) in [7, 11) is 0. The zero-order valence-electron chi connectivity index (χ0n) is 8.74. The first-order chi connectivity index (χ1) is 6.84. The molecule has 1 heteroatoms. The van der Waals surface area contributed by atoms with Crippen LogP contribution in [0.1, 0.15) is 18.9 Å². The predicted octanol–water partition coefficient (Wildman–Crippen LogP) is 2.84. The highest BCUT2D eigenvalue weighted by Gasteiger charge is 2.09. The summed E-state index contributed by atoms with van der Waals surface area (Å²) >= 11 is 0. The van der Waals surface area contributed by atoms with Gasteiger partial charge in [-0.3, -0.25) is 4.90 Å². The summed E-state index contributed by atoms with van der Waals surface area (Å²) in [5, 5.41) is 0. The molecule has 0 saturated carbocycles. The van der Waals surface area contributed by atoms with Gasteiger partial charge in [0.2, 0.25) is 0 Å². The van der Waals surface area contributed by atoms with Crippen molar-refractivity contribution in [3.8, 4) is 0 Å². The minimum absolute atomic E-state index is 1.09. The minimum atomic E-state index is 1.09. The van der Waals surface area contributed by atoms with E-state index in [1.807, 2.05) is 0 Å². The van der Waals surface area contributed by atoms with E-state index in [1.165, 1.54) is 24.1 Å². The molecule has 0 fully saturated rings. The zero-order chi connectivity index (χ0) is 9.80. The molecule has 1 heterocycles. The van der Waals surface area contributed by atoms with Gasteiger partial charge in [-0.15, -0.1) is 0 Å². The average molecular weight is 187 g/mol. The molecule has 0 spiro atoms. The lowest BCUT2D eigenvalue weighted by Gasteiger charge is -2.25. The number of rotatable bonds is 2. The second kappa shape index (κ2) is 4.43. The van der Waals surface area contributed by atoms with Crippen LogP contribution in [0.5, 0.6) is 0 Å². The summed E-state index contributed by atoms with van der Waals surface area (Å²) in [4.78, 5) is 2.50. The highest BCUT2D eigenvalue weighted by atomic mass is 15.1. The summed E-state index contributed by atoms with van der Waals surface area (Å²) in [6, 6.07) is 10.7. The monoisotopic (exact) mass is 187 g/mol. The molecule has 0 bridgehead atoms. The molecule has 0 unspecified atom stereocenters. The maximum absolute atomic E-state index is 2.50. The quantitative estimate of drug-likeness (QED) is 0.643. The SMILES string of the molecule is CC1=CCCN(Cc2ccccc2)C1. The maximum Gasteiger partial charge on any atom is 0.0237 e. The number of benzene rings is 1. The number of hydrogen-bond donors (Lipinski definition) is 0. The fraction of sp³-hybridized carbons (Fsp3) is 0.385. The Labute approximate surface area is 86.1 Å². The van der Waals surface area contributed by atoms with Gasteiger partial charge in [-0.25, -0.2) is 0 Å². The highest BCUT2D eigenvalue weighted by Crippen LogP contribution is 2.12. The molecule has 1 aromatic rings. The van der Waals surface area contributed by atoms with Crippen molar-refractivity contribution in [2.45, 2.75) is 19.9 Å². The Hall–Kier alpha value is -1.08. The molecule has 0 atom stereocenters. The third-order valence-corrected chi connectivity index (χ3v) is 2.66. The van der Waals surface area contributed by atoms with Crippen LogP contribution in [0.4, 0.5) is 0 Å². The van der Waals surface area contributed by atoms with E-state index in [9.17, 15) is 0 Å². The van der Waals surface area contributed by atoms with E-state index in [2.05, 4.69) is 48.2 Å². The highest BCUT2D eigenvalue weighted by molar-refractivity contribution is 5.15. The maximum atomic E-state index is 2.50. The molecule has 14 heavy (non-hydrogen) atoms. The van der Waals surface area contributed by atoms with Gasteiger partial charge in [0.1, 0.15) is 0 Å². The van der Waals surface area contributed by atoms with Gasteiger partial charge in [-0.05, 0) is 18.9 Å². The lowest BCUT2D eigenvalue weighted by atomic mass is 10.1. The second-order valence-corrected chi connectivity index (χ2v) is 4.04. The van der Waals surface area contributed by atoms with Crippen LogP contribution in [0, 0.1) is 0 Å².